The summed E-state index contributed by atoms with van der Waals surface area (Å²) in [6, 6.07) is 0.169. The molecule has 1 unspecified atom stereocenters. The number of thioether (sulfide) groups is 1. The summed E-state index contributed by atoms with van der Waals surface area (Å²) in [6.45, 7) is 6.52. The van der Waals surface area contributed by atoms with E-state index in [1.54, 1.807) is 16.7 Å². The van der Waals surface area contributed by atoms with Gasteiger partial charge in [-0.1, -0.05) is 0 Å². The van der Waals surface area contributed by atoms with E-state index in [1.165, 1.54) is 0 Å². The number of hydrogen-bond donors (Lipinski definition) is 1. The number of rotatable bonds is 4. The van der Waals surface area contributed by atoms with Crippen molar-refractivity contribution in [2.75, 3.05) is 18.9 Å². The van der Waals surface area contributed by atoms with Crippen molar-refractivity contribution in [1.29, 1.82) is 0 Å². The van der Waals surface area contributed by atoms with Crippen LogP contribution in [0.3, 0.4) is 0 Å². The lowest BCUT2D eigenvalue weighted by Crippen LogP contribution is -2.48. The molecule has 1 fully saturated rings. The fraction of sp³-hybridized carbons (Fsp3) is 0.909. The molecular formula is C11H21NO2S. The first-order valence-corrected chi connectivity index (χ1v) is 6.56. The minimum atomic E-state index is -0.251. The van der Waals surface area contributed by atoms with Crippen molar-refractivity contribution in [3.8, 4) is 0 Å². The molecule has 0 aliphatic carbocycles. The number of hydrogen-bond acceptors (Lipinski definition) is 3. The summed E-state index contributed by atoms with van der Waals surface area (Å²) in [4.78, 5) is 14.1. The topological polar surface area (TPSA) is 40.5 Å². The van der Waals surface area contributed by atoms with Crippen LogP contribution >= 0.6 is 11.8 Å². The summed E-state index contributed by atoms with van der Waals surface area (Å²) in [5, 5.41) is 8.96. The van der Waals surface area contributed by atoms with E-state index < -0.39 is 0 Å². The first-order chi connectivity index (χ1) is 7.01. The molecule has 1 N–H and O–H groups in total. The van der Waals surface area contributed by atoms with Gasteiger partial charge in [0.2, 0.25) is 5.91 Å². The van der Waals surface area contributed by atoms with E-state index in [9.17, 15) is 4.79 Å². The van der Waals surface area contributed by atoms with Gasteiger partial charge in [0.15, 0.2) is 0 Å². The third-order valence-electron chi connectivity index (χ3n) is 2.90. The van der Waals surface area contributed by atoms with Crippen LogP contribution in [-0.4, -0.2) is 45.6 Å². The first-order valence-electron chi connectivity index (χ1n) is 5.57. The lowest BCUT2D eigenvalue weighted by atomic mass is 10.0. The molecule has 0 radical (unpaired) electrons. The molecular weight excluding hydrogens is 210 g/mol. The minimum Gasteiger partial charge on any atom is -0.395 e. The van der Waals surface area contributed by atoms with Crippen LogP contribution in [0.5, 0.6) is 0 Å². The maximum Gasteiger partial charge on any atom is 0.238 e. The Hall–Kier alpha value is -0.220. The van der Waals surface area contributed by atoms with Gasteiger partial charge >= 0.3 is 0 Å². The summed E-state index contributed by atoms with van der Waals surface area (Å²) in [6.07, 6.45) is 2.09. The molecule has 0 aromatic carbocycles. The average Bonchev–Trinajstić information content (AvgIpc) is 2.61. The highest BCUT2D eigenvalue weighted by Crippen LogP contribution is 2.39. The molecule has 1 rings (SSSR count). The number of carbonyl (C=O) groups is 1. The van der Waals surface area contributed by atoms with Crippen LogP contribution in [-0.2, 0) is 4.79 Å². The highest BCUT2D eigenvalue weighted by molar-refractivity contribution is 8.01. The number of aliphatic hydroxyl groups excluding tert-OH is 1. The molecule has 1 amide bonds. The quantitative estimate of drug-likeness (QED) is 0.797. The van der Waals surface area contributed by atoms with Gasteiger partial charge in [0.05, 0.1) is 11.4 Å². The van der Waals surface area contributed by atoms with Gasteiger partial charge in [-0.05, 0) is 39.4 Å². The van der Waals surface area contributed by atoms with Crippen LogP contribution in [0.4, 0.5) is 0 Å². The lowest BCUT2D eigenvalue weighted by molar-refractivity contribution is -0.135. The van der Waals surface area contributed by atoms with E-state index in [2.05, 4.69) is 0 Å². The Morgan fingerprint density at radius 3 is 2.67 bits per heavy atom. The number of carbonyl (C=O) groups excluding carboxylic acids is 1. The smallest absolute Gasteiger partial charge is 0.238 e. The molecule has 0 bridgehead atoms. The average molecular weight is 231 g/mol. The molecule has 15 heavy (non-hydrogen) atoms. The summed E-state index contributed by atoms with van der Waals surface area (Å²) < 4.78 is -0.251. The summed E-state index contributed by atoms with van der Waals surface area (Å²) in [7, 11) is 0. The zero-order chi connectivity index (χ0) is 11.5. The third-order valence-corrected chi connectivity index (χ3v) is 4.41. The summed E-state index contributed by atoms with van der Waals surface area (Å²) in [5.74, 6) is 1.27. The van der Waals surface area contributed by atoms with E-state index in [4.69, 9.17) is 5.11 Å². The second-order valence-corrected chi connectivity index (χ2v) is 6.10. The Labute approximate surface area is 96.2 Å². The normalized spacial score (nSPS) is 25.9. The Morgan fingerprint density at radius 2 is 2.27 bits per heavy atom. The molecule has 1 heterocycles. The SMILES string of the molecule is CC(C)N(CCO)C(=O)C1(C)CCCS1. The van der Waals surface area contributed by atoms with Crippen molar-refractivity contribution < 1.29 is 9.90 Å². The molecule has 0 spiro atoms. The van der Waals surface area contributed by atoms with Gasteiger partial charge in [0.1, 0.15) is 0 Å². The Bertz CT molecular complexity index is 225. The molecule has 0 saturated carbocycles. The molecule has 0 aromatic heterocycles. The van der Waals surface area contributed by atoms with Gasteiger partial charge in [-0.2, -0.15) is 0 Å². The van der Waals surface area contributed by atoms with Crippen molar-refractivity contribution in [2.45, 2.75) is 44.4 Å². The molecule has 1 aliphatic rings. The van der Waals surface area contributed by atoms with Gasteiger partial charge in [-0.25, -0.2) is 0 Å². The van der Waals surface area contributed by atoms with Crippen LogP contribution < -0.4 is 0 Å². The molecule has 88 valence electrons. The van der Waals surface area contributed by atoms with Crippen LogP contribution in [0.15, 0.2) is 0 Å². The van der Waals surface area contributed by atoms with Crippen LogP contribution in [0.2, 0.25) is 0 Å². The Morgan fingerprint density at radius 1 is 1.60 bits per heavy atom. The fourth-order valence-electron chi connectivity index (χ4n) is 1.95. The van der Waals surface area contributed by atoms with Crippen LogP contribution in [0.25, 0.3) is 0 Å². The third kappa shape index (κ3) is 2.88. The number of aliphatic hydroxyl groups is 1. The van der Waals surface area contributed by atoms with Crippen molar-refractivity contribution >= 4 is 17.7 Å². The monoisotopic (exact) mass is 231 g/mol. The van der Waals surface area contributed by atoms with Gasteiger partial charge in [0.25, 0.3) is 0 Å². The number of nitrogens with zero attached hydrogens (tertiary/aromatic N) is 1. The maximum absolute atomic E-state index is 12.3. The van der Waals surface area contributed by atoms with Crippen molar-refractivity contribution in [3.05, 3.63) is 0 Å². The van der Waals surface area contributed by atoms with E-state index in [0.29, 0.717) is 6.54 Å². The first kappa shape index (κ1) is 12.8. The van der Waals surface area contributed by atoms with Crippen molar-refractivity contribution in [2.24, 2.45) is 0 Å². The standard InChI is InChI=1S/C11H21NO2S/c1-9(2)12(6-7-13)10(14)11(3)5-4-8-15-11/h9,13H,4-8H2,1-3H3. The van der Waals surface area contributed by atoms with E-state index in [-0.39, 0.29) is 23.3 Å². The largest absolute Gasteiger partial charge is 0.395 e. The highest BCUT2D eigenvalue weighted by Gasteiger charge is 2.40. The number of amides is 1. The molecule has 3 nitrogen and oxygen atoms in total. The van der Waals surface area contributed by atoms with Crippen molar-refractivity contribution in [3.63, 3.8) is 0 Å². The summed E-state index contributed by atoms with van der Waals surface area (Å²) >= 11 is 1.75. The van der Waals surface area contributed by atoms with Crippen LogP contribution in [0, 0.1) is 0 Å². The van der Waals surface area contributed by atoms with Gasteiger partial charge < -0.3 is 10.0 Å². The Balaban J connectivity index is 2.70. The second kappa shape index (κ2) is 5.21. The fourth-order valence-corrected chi connectivity index (χ4v) is 3.22. The van der Waals surface area contributed by atoms with E-state index in [1.807, 2.05) is 20.8 Å². The van der Waals surface area contributed by atoms with Gasteiger partial charge in [0, 0.05) is 12.6 Å². The van der Waals surface area contributed by atoms with Crippen LogP contribution in [0.1, 0.15) is 33.6 Å². The maximum atomic E-state index is 12.3. The predicted octanol–water partition coefficient (Wildman–Crippen LogP) is 1.50. The lowest BCUT2D eigenvalue weighted by Gasteiger charge is -2.33. The predicted molar refractivity (Wildman–Crippen MR) is 64.0 cm³/mol. The van der Waals surface area contributed by atoms with Crippen molar-refractivity contribution in [1.82, 2.24) is 4.90 Å². The summed E-state index contributed by atoms with van der Waals surface area (Å²) in [5.41, 5.74) is 0. The zero-order valence-corrected chi connectivity index (χ0v) is 10.6. The highest BCUT2D eigenvalue weighted by atomic mass is 32.2. The second-order valence-electron chi connectivity index (χ2n) is 4.50. The molecule has 1 saturated heterocycles. The molecule has 0 aromatic rings. The van der Waals surface area contributed by atoms with E-state index >= 15 is 0 Å². The van der Waals surface area contributed by atoms with Gasteiger partial charge in [-0.15, -0.1) is 11.8 Å². The molecule has 1 atom stereocenters. The zero-order valence-electron chi connectivity index (χ0n) is 9.82. The minimum absolute atomic E-state index is 0.0463. The van der Waals surface area contributed by atoms with E-state index in [0.717, 1.165) is 18.6 Å². The van der Waals surface area contributed by atoms with Gasteiger partial charge in [-0.3, -0.25) is 4.79 Å². The Kier molecular flexibility index (Phi) is 4.46. The molecule has 1 aliphatic heterocycles. The molecule has 4 heteroatoms.